The number of halogens is 1. The smallest absolute Gasteiger partial charge is 0.269 e. The van der Waals surface area contributed by atoms with E-state index in [-0.39, 0.29) is 17.0 Å². The van der Waals surface area contributed by atoms with Crippen molar-refractivity contribution in [1.82, 2.24) is 4.57 Å². The Bertz CT molecular complexity index is 1400. The molecule has 0 amide bonds. The Morgan fingerprint density at radius 3 is 2.42 bits per heavy atom. The van der Waals surface area contributed by atoms with Gasteiger partial charge < -0.3 is 9.30 Å². The predicted octanol–water partition coefficient (Wildman–Crippen LogP) is 6.20. The Morgan fingerprint density at radius 2 is 1.79 bits per heavy atom. The number of aromatic nitrogens is 1. The number of nitriles is 1. The summed E-state index contributed by atoms with van der Waals surface area (Å²) in [5.41, 5.74) is 3.52. The van der Waals surface area contributed by atoms with E-state index >= 15 is 0 Å². The SMILES string of the molecule is C=C[C@H](Cc1c(C#N)c(=O)n(Cc2ccc(OC)cc2)c2ccccc12)c1ccc(Br)cc1. The van der Waals surface area contributed by atoms with Crippen LogP contribution >= 0.6 is 15.9 Å². The molecule has 4 nitrogen and oxygen atoms in total. The summed E-state index contributed by atoms with van der Waals surface area (Å²) in [6, 6.07) is 25.6. The number of pyridine rings is 1. The van der Waals surface area contributed by atoms with Crippen LogP contribution in [0.15, 0.2) is 94.7 Å². The van der Waals surface area contributed by atoms with E-state index in [9.17, 15) is 10.1 Å². The maximum Gasteiger partial charge on any atom is 0.269 e. The molecule has 164 valence electrons. The van der Waals surface area contributed by atoms with Crippen LogP contribution in [0.3, 0.4) is 0 Å². The minimum atomic E-state index is -0.277. The van der Waals surface area contributed by atoms with E-state index in [1.54, 1.807) is 11.7 Å². The lowest BCUT2D eigenvalue weighted by Crippen LogP contribution is -2.26. The molecule has 0 fully saturated rings. The first-order valence-corrected chi connectivity index (χ1v) is 11.4. The van der Waals surface area contributed by atoms with Crippen molar-refractivity contribution in [3.8, 4) is 11.8 Å². The first-order chi connectivity index (χ1) is 16.0. The van der Waals surface area contributed by atoms with Gasteiger partial charge in [-0.1, -0.05) is 64.5 Å². The van der Waals surface area contributed by atoms with Crippen LogP contribution in [-0.2, 0) is 13.0 Å². The van der Waals surface area contributed by atoms with Crippen molar-refractivity contribution in [3.05, 3.63) is 123 Å². The van der Waals surface area contributed by atoms with E-state index < -0.39 is 0 Å². The lowest BCUT2D eigenvalue weighted by Gasteiger charge is -2.19. The molecule has 1 atom stereocenters. The predicted molar refractivity (Wildman–Crippen MR) is 136 cm³/mol. The Kier molecular flexibility index (Phi) is 6.76. The molecule has 1 aromatic heterocycles. The van der Waals surface area contributed by atoms with Gasteiger partial charge in [0, 0.05) is 15.8 Å². The van der Waals surface area contributed by atoms with Gasteiger partial charge in [-0.25, -0.2) is 0 Å². The van der Waals surface area contributed by atoms with Gasteiger partial charge in [-0.2, -0.15) is 5.26 Å². The molecule has 0 saturated carbocycles. The highest BCUT2D eigenvalue weighted by molar-refractivity contribution is 9.10. The number of methoxy groups -OCH3 is 1. The van der Waals surface area contributed by atoms with Crippen molar-refractivity contribution in [2.24, 2.45) is 0 Å². The van der Waals surface area contributed by atoms with Gasteiger partial charge >= 0.3 is 0 Å². The molecule has 5 heteroatoms. The summed E-state index contributed by atoms with van der Waals surface area (Å²) in [5.74, 6) is 0.734. The van der Waals surface area contributed by atoms with Crippen molar-refractivity contribution in [3.63, 3.8) is 0 Å². The number of fused-ring (bicyclic) bond motifs is 1. The van der Waals surface area contributed by atoms with Crippen LogP contribution in [0.4, 0.5) is 0 Å². The fraction of sp³-hybridized carbons (Fsp3) is 0.143. The summed E-state index contributed by atoms with van der Waals surface area (Å²) >= 11 is 3.47. The maximum atomic E-state index is 13.5. The monoisotopic (exact) mass is 498 g/mol. The number of allylic oxidation sites excluding steroid dienone is 1. The van der Waals surface area contributed by atoms with Gasteiger partial charge in [0.1, 0.15) is 17.4 Å². The van der Waals surface area contributed by atoms with Crippen molar-refractivity contribution in [2.45, 2.75) is 18.9 Å². The highest BCUT2D eigenvalue weighted by Gasteiger charge is 2.20. The second-order valence-electron chi connectivity index (χ2n) is 7.82. The summed E-state index contributed by atoms with van der Waals surface area (Å²) in [5, 5.41) is 10.9. The molecule has 0 aliphatic rings. The summed E-state index contributed by atoms with van der Waals surface area (Å²) in [6.07, 6.45) is 2.40. The van der Waals surface area contributed by atoms with E-state index in [0.717, 1.165) is 37.8 Å². The minimum Gasteiger partial charge on any atom is -0.497 e. The molecule has 0 spiro atoms. The first kappa shape index (κ1) is 22.6. The highest BCUT2D eigenvalue weighted by atomic mass is 79.9. The van der Waals surface area contributed by atoms with Crippen LogP contribution in [0.1, 0.15) is 28.2 Å². The summed E-state index contributed by atoms with van der Waals surface area (Å²) in [4.78, 5) is 13.5. The standard InChI is InChI=1S/C28H23BrN2O2/c1-3-20(21-10-12-22(29)13-11-21)16-25-24-6-4-5-7-27(24)31(28(32)26(25)17-30)18-19-8-14-23(33-2)15-9-19/h3-15,20H,1,16,18H2,2H3/t20-/m1/s1. The molecule has 0 unspecified atom stereocenters. The molecule has 4 aromatic rings. The number of rotatable bonds is 7. The number of hydrogen-bond acceptors (Lipinski definition) is 3. The second kappa shape index (κ2) is 9.89. The molecular weight excluding hydrogens is 476 g/mol. The molecule has 0 bridgehead atoms. The van der Waals surface area contributed by atoms with E-state index in [1.807, 2.05) is 78.9 Å². The summed E-state index contributed by atoms with van der Waals surface area (Å²) in [7, 11) is 1.62. The molecule has 1 heterocycles. The normalized spacial score (nSPS) is 11.7. The Labute approximate surface area is 201 Å². The van der Waals surface area contributed by atoms with Crippen LogP contribution in [0.5, 0.6) is 5.75 Å². The molecule has 0 aliphatic carbocycles. The van der Waals surface area contributed by atoms with Gasteiger partial charge in [0.05, 0.1) is 19.2 Å². The zero-order valence-corrected chi connectivity index (χ0v) is 19.9. The topological polar surface area (TPSA) is 55.0 Å². The van der Waals surface area contributed by atoms with Crippen LogP contribution in [0.25, 0.3) is 10.9 Å². The van der Waals surface area contributed by atoms with Crippen LogP contribution in [0, 0.1) is 11.3 Å². The zero-order chi connectivity index (χ0) is 23.4. The third-order valence-electron chi connectivity index (χ3n) is 5.90. The van der Waals surface area contributed by atoms with Crippen molar-refractivity contribution < 1.29 is 4.74 Å². The molecule has 0 aliphatic heterocycles. The summed E-state index contributed by atoms with van der Waals surface area (Å²) in [6.45, 7) is 4.38. The molecule has 0 N–H and O–H groups in total. The third-order valence-corrected chi connectivity index (χ3v) is 6.43. The molecule has 33 heavy (non-hydrogen) atoms. The fourth-order valence-corrected chi connectivity index (χ4v) is 4.40. The molecular formula is C28H23BrN2O2. The van der Waals surface area contributed by atoms with E-state index in [1.165, 1.54) is 0 Å². The van der Waals surface area contributed by atoms with Gasteiger partial charge in [-0.05, 0) is 53.4 Å². The summed E-state index contributed by atoms with van der Waals surface area (Å²) < 4.78 is 7.91. The minimum absolute atomic E-state index is 0.0227. The number of nitrogens with zero attached hydrogens (tertiary/aromatic N) is 2. The van der Waals surface area contributed by atoms with E-state index in [2.05, 4.69) is 28.6 Å². The van der Waals surface area contributed by atoms with Gasteiger partial charge in [0.2, 0.25) is 0 Å². The average molecular weight is 499 g/mol. The third kappa shape index (κ3) is 4.62. The van der Waals surface area contributed by atoms with Crippen LogP contribution in [-0.4, -0.2) is 11.7 Å². The quantitative estimate of drug-likeness (QED) is 0.285. The number of benzene rings is 3. The number of hydrogen-bond donors (Lipinski definition) is 0. The van der Waals surface area contributed by atoms with Crippen LogP contribution in [0.2, 0.25) is 0 Å². The first-order valence-electron chi connectivity index (χ1n) is 10.6. The lowest BCUT2D eigenvalue weighted by molar-refractivity contribution is 0.414. The molecule has 0 radical (unpaired) electrons. The largest absolute Gasteiger partial charge is 0.497 e. The Balaban J connectivity index is 1.83. The van der Waals surface area contributed by atoms with E-state index in [0.29, 0.717) is 13.0 Å². The second-order valence-corrected chi connectivity index (χ2v) is 8.74. The van der Waals surface area contributed by atoms with Crippen molar-refractivity contribution in [2.75, 3.05) is 7.11 Å². The maximum absolute atomic E-state index is 13.5. The van der Waals surface area contributed by atoms with Crippen molar-refractivity contribution >= 4 is 26.8 Å². The van der Waals surface area contributed by atoms with Gasteiger partial charge in [0.25, 0.3) is 5.56 Å². The van der Waals surface area contributed by atoms with Gasteiger partial charge in [-0.3, -0.25) is 4.79 Å². The Morgan fingerprint density at radius 1 is 1.09 bits per heavy atom. The van der Waals surface area contributed by atoms with E-state index in [4.69, 9.17) is 4.74 Å². The Hall–Kier alpha value is -3.62. The van der Waals surface area contributed by atoms with Gasteiger partial charge in [-0.15, -0.1) is 6.58 Å². The van der Waals surface area contributed by atoms with Crippen molar-refractivity contribution in [1.29, 1.82) is 5.26 Å². The fourth-order valence-electron chi connectivity index (χ4n) is 4.14. The van der Waals surface area contributed by atoms with Crippen LogP contribution < -0.4 is 10.3 Å². The number of ether oxygens (including phenoxy) is 1. The average Bonchev–Trinajstić information content (AvgIpc) is 2.85. The van der Waals surface area contributed by atoms with Gasteiger partial charge in [0.15, 0.2) is 0 Å². The molecule has 4 rings (SSSR count). The highest BCUT2D eigenvalue weighted by Crippen LogP contribution is 2.29. The molecule has 3 aromatic carbocycles. The lowest BCUT2D eigenvalue weighted by atomic mass is 9.88. The number of para-hydroxylation sites is 1. The molecule has 0 saturated heterocycles. The zero-order valence-electron chi connectivity index (χ0n) is 18.3.